The Bertz CT molecular complexity index is 756. The Labute approximate surface area is 113 Å². The quantitative estimate of drug-likeness (QED) is 0.765. The van der Waals surface area contributed by atoms with Crippen LogP contribution in [0.15, 0.2) is 32.8 Å². The fourth-order valence-electron chi connectivity index (χ4n) is 1.89. The average Bonchev–Trinajstić information content (AvgIpc) is 2.98. The van der Waals surface area contributed by atoms with Gasteiger partial charge in [0.1, 0.15) is 22.0 Å². The molecule has 0 fully saturated rings. The Morgan fingerprint density at radius 1 is 1.37 bits per heavy atom. The van der Waals surface area contributed by atoms with E-state index >= 15 is 0 Å². The molecule has 2 N–H and O–H groups in total. The van der Waals surface area contributed by atoms with Gasteiger partial charge in [0.15, 0.2) is 0 Å². The van der Waals surface area contributed by atoms with Crippen LogP contribution in [0.4, 0.5) is 0 Å². The third kappa shape index (κ3) is 2.59. The molecule has 3 rings (SSSR count). The Kier molecular flexibility index (Phi) is 3.18. The number of aromatic nitrogens is 2. The molecule has 0 aliphatic rings. The summed E-state index contributed by atoms with van der Waals surface area (Å²) in [6, 6.07) is 5.71. The molecule has 0 aliphatic heterocycles. The number of furan rings is 1. The predicted octanol–water partition coefficient (Wildman–Crippen LogP) is 2.18. The van der Waals surface area contributed by atoms with Gasteiger partial charge in [0.05, 0.1) is 18.6 Å². The molecule has 0 saturated heterocycles. The summed E-state index contributed by atoms with van der Waals surface area (Å²) in [4.78, 5) is 18.9. The minimum atomic E-state index is -0.0781. The van der Waals surface area contributed by atoms with Gasteiger partial charge in [-0.2, -0.15) is 0 Å². The van der Waals surface area contributed by atoms with Crippen LogP contribution in [-0.4, -0.2) is 9.97 Å². The summed E-state index contributed by atoms with van der Waals surface area (Å²) >= 11 is 1.40. The molecule has 0 aliphatic carbocycles. The maximum Gasteiger partial charge on any atom is 0.268 e. The summed E-state index contributed by atoms with van der Waals surface area (Å²) in [7, 11) is 0. The first-order chi connectivity index (χ1) is 9.22. The van der Waals surface area contributed by atoms with Crippen LogP contribution >= 0.6 is 11.3 Å². The first kappa shape index (κ1) is 12.1. The number of nitrogens with one attached hydrogen (secondary N) is 2. The van der Waals surface area contributed by atoms with Crippen LogP contribution in [0.5, 0.6) is 0 Å². The lowest BCUT2D eigenvalue weighted by Gasteiger charge is -2.02. The van der Waals surface area contributed by atoms with Gasteiger partial charge in [-0.3, -0.25) is 4.79 Å². The van der Waals surface area contributed by atoms with Crippen LogP contribution < -0.4 is 10.9 Å². The standard InChI is InChI=1S/C13H13N3O2S/c1-8-2-3-9(18-8)6-14-7-11-15-10-4-5-19-12(10)13(17)16-11/h2-5,14H,6-7H2,1H3,(H,15,16,17). The number of thiophene rings is 1. The second-order valence-electron chi connectivity index (χ2n) is 4.26. The van der Waals surface area contributed by atoms with Gasteiger partial charge < -0.3 is 14.7 Å². The lowest BCUT2D eigenvalue weighted by Crippen LogP contribution is -2.18. The van der Waals surface area contributed by atoms with E-state index in [0.29, 0.717) is 23.6 Å². The molecule has 0 amide bonds. The van der Waals surface area contributed by atoms with Crippen molar-refractivity contribution in [2.24, 2.45) is 0 Å². The third-order valence-electron chi connectivity index (χ3n) is 2.75. The summed E-state index contributed by atoms with van der Waals surface area (Å²) in [6.07, 6.45) is 0. The maximum atomic E-state index is 11.8. The van der Waals surface area contributed by atoms with Crippen molar-refractivity contribution in [2.75, 3.05) is 0 Å². The molecule has 0 atom stereocenters. The van der Waals surface area contributed by atoms with Gasteiger partial charge in [0.2, 0.25) is 0 Å². The number of rotatable bonds is 4. The fourth-order valence-corrected chi connectivity index (χ4v) is 2.62. The lowest BCUT2D eigenvalue weighted by molar-refractivity contribution is 0.460. The highest BCUT2D eigenvalue weighted by Gasteiger charge is 2.05. The number of aryl methyl sites for hydroxylation is 1. The van der Waals surface area contributed by atoms with Crippen LogP contribution in [0.2, 0.25) is 0 Å². The summed E-state index contributed by atoms with van der Waals surface area (Å²) in [5.41, 5.74) is 0.671. The molecule has 3 aromatic rings. The molecule has 0 spiro atoms. The van der Waals surface area contributed by atoms with Crippen molar-refractivity contribution in [3.05, 3.63) is 51.3 Å². The van der Waals surface area contributed by atoms with Gasteiger partial charge >= 0.3 is 0 Å². The zero-order valence-corrected chi connectivity index (χ0v) is 11.2. The molecule has 98 valence electrons. The topological polar surface area (TPSA) is 70.9 Å². The van der Waals surface area contributed by atoms with Crippen LogP contribution in [-0.2, 0) is 13.1 Å². The molecule has 0 bridgehead atoms. The van der Waals surface area contributed by atoms with E-state index in [1.54, 1.807) is 0 Å². The third-order valence-corrected chi connectivity index (χ3v) is 3.65. The number of fused-ring (bicyclic) bond motifs is 1. The fraction of sp³-hybridized carbons (Fsp3) is 0.231. The SMILES string of the molecule is Cc1ccc(CNCc2nc3ccsc3c(=O)[nH]2)o1. The Morgan fingerprint density at radius 2 is 2.26 bits per heavy atom. The van der Waals surface area contributed by atoms with E-state index in [2.05, 4.69) is 15.3 Å². The lowest BCUT2D eigenvalue weighted by atomic mass is 10.4. The van der Waals surface area contributed by atoms with E-state index in [9.17, 15) is 4.79 Å². The van der Waals surface area contributed by atoms with Gasteiger partial charge in [0.25, 0.3) is 5.56 Å². The number of hydrogen-bond donors (Lipinski definition) is 2. The second kappa shape index (κ2) is 4.99. The Hall–Kier alpha value is -1.92. The van der Waals surface area contributed by atoms with Gasteiger partial charge in [-0.25, -0.2) is 4.98 Å². The summed E-state index contributed by atoms with van der Waals surface area (Å²) < 4.78 is 6.12. The van der Waals surface area contributed by atoms with E-state index in [4.69, 9.17) is 4.42 Å². The molecule has 5 nitrogen and oxygen atoms in total. The first-order valence-corrected chi connectivity index (χ1v) is 6.83. The maximum absolute atomic E-state index is 11.8. The number of nitrogens with zero attached hydrogens (tertiary/aromatic N) is 1. The predicted molar refractivity (Wildman–Crippen MR) is 74.2 cm³/mol. The smallest absolute Gasteiger partial charge is 0.268 e. The van der Waals surface area contributed by atoms with Gasteiger partial charge in [-0.15, -0.1) is 11.3 Å². The average molecular weight is 275 g/mol. The van der Waals surface area contributed by atoms with E-state index in [0.717, 1.165) is 17.0 Å². The zero-order valence-electron chi connectivity index (χ0n) is 10.4. The molecular weight excluding hydrogens is 262 g/mol. The zero-order chi connectivity index (χ0) is 13.2. The molecule has 0 unspecified atom stereocenters. The van der Waals surface area contributed by atoms with Crippen LogP contribution in [0, 0.1) is 6.92 Å². The van der Waals surface area contributed by atoms with E-state index in [1.807, 2.05) is 30.5 Å². The second-order valence-corrected chi connectivity index (χ2v) is 5.18. The normalized spacial score (nSPS) is 11.2. The van der Waals surface area contributed by atoms with E-state index < -0.39 is 0 Å². The van der Waals surface area contributed by atoms with Crippen molar-refractivity contribution in [2.45, 2.75) is 20.0 Å². The number of aromatic amines is 1. The monoisotopic (exact) mass is 275 g/mol. The van der Waals surface area contributed by atoms with Crippen LogP contribution in [0.1, 0.15) is 17.3 Å². The van der Waals surface area contributed by atoms with Crippen molar-refractivity contribution in [3.63, 3.8) is 0 Å². The van der Waals surface area contributed by atoms with E-state index in [1.165, 1.54) is 11.3 Å². The molecule has 3 heterocycles. The summed E-state index contributed by atoms with van der Waals surface area (Å²) in [5, 5.41) is 5.06. The highest BCUT2D eigenvalue weighted by molar-refractivity contribution is 7.17. The molecule has 0 aromatic carbocycles. The van der Waals surface area contributed by atoms with Crippen molar-refractivity contribution >= 4 is 21.6 Å². The van der Waals surface area contributed by atoms with Crippen molar-refractivity contribution in [1.82, 2.24) is 15.3 Å². The number of H-pyrrole nitrogens is 1. The van der Waals surface area contributed by atoms with Crippen molar-refractivity contribution in [3.8, 4) is 0 Å². The van der Waals surface area contributed by atoms with E-state index in [-0.39, 0.29) is 5.56 Å². The molecule has 19 heavy (non-hydrogen) atoms. The van der Waals surface area contributed by atoms with Crippen LogP contribution in [0.3, 0.4) is 0 Å². The minimum absolute atomic E-state index is 0.0781. The van der Waals surface area contributed by atoms with Crippen molar-refractivity contribution < 1.29 is 4.42 Å². The van der Waals surface area contributed by atoms with Gasteiger partial charge in [0, 0.05) is 0 Å². The number of hydrogen-bond acceptors (Lipinski definition) is 5. The molecular formula is C13H13N3O2S. The Morgan fingerprint density at radius 3 is 3.05 bits per heavy atom. The molecule has 0 radical (unpaired) electrons. The van der Waals surface area contributed by atoms with Crippen LogP contribution in [0.25, 0.3) is 10.2 Å². The Balaban J connectivity index is 1.69. The highest BCUT2D eigenvalue weighted by Crippen LogP contribution is 2.13. The largest absolute Gasteiger partial charge is 0.465 e. The molecule has 0 saturated carbocycles. The highest BCUT2D eigenvalue weighted by atomic mass is 32.1. The van der Waals surface area contributed by atoms with Gasteiger partial charge in [-0.1, -0.05) is 0 Å². The van der Waals surface area contributed by atoms with Gasteiger partial charge in [-0.05, 0) is 30.5 Å². The summed E-state index contributed by atoms with van der Waals surface area (Å²) in [6.45, 7) is 3.02. The summed E-state index contributed by atoms with van der Waals surface area (Å²) in [5.74, 6) is 2.40. The van der Waals surface area contributed by atoms with Crippen molar-refractivity contribution in [1.29, 1.82) is 0 Å². The minimum Gasteiger partial charge on any atom is -0.465 e. The first-order valence-electron chi connectivity index (χ1n) is 5.95. The molecule has 3 aromatic heterocycles. The molecule has 6 heteroatoms.